The van der Waals surface area contributed by atoms with Crippen LogP contribution in [0, 0.1) is 6.92 Å². The van der Waals surface area contributed by atoms with Crippen LogP contribution in [0.3, 0.4) is 0 Å². The Morgan fingerprint density at radius 2 is 2.38 bits per heavy atom. The molecule has 1 fully saturated rings. The average Bonchev–Trinajstić information content (AvgIpc) is 3.31. The minimum absolute atomic E-state index is 0.195. The number of aromatic nitrogens is 2. The number of likely N-dealkylation sites (tertiary alicyclic amines) is 1. The van der Waals surface area contributed by atoms with Crippen molar-refractivity contribution in [2.75, 3.05) is 19.6 Å². The van der Waals surface area contributed by atoms with Crippen LogP contribution in [0.15, 0.2) is 16.0 Å². The zero-order valence-electron chi connectivity index (χ0n) is 13.9. The van der Waals surface area contributed by atoms with E-state index >= 15 is 0 Å². The van der Waals surface area contributed by atoms with Gasteiger partial charge in [0.05, 0.1) is 6.04 Å². The Kier molecular flexibility index (Phi) is 4.37. The van der Waals surface area contributed by atoms with Crippen molar-refractivity contribution in [3.05, 3.63) is 33.6 Å². The summed E-state index contributed by atoms with van der Waals surface area (Å²) in [5, 5.41) is 6.19. The summed E-state index contributed by atoms with van der Waals surface area (Å²) in [6.07, 6.45) is 3.71. The Hall–Kier alpha value is -1.73. The van der Waals surface area contributed by atoms with Gasteiger partial charge in [0.2, 0.25) is 11.8 Å². The van der Waals surface area contributed by atoms with E-state index in [1.165, 1.54) is 10.4 Å². The van der Waals surface area contributed by atoms with E-state index in [9.17, 15) is 4.79 Å². The lowest BCUT2D eigenvalue weighted by Crippen LogP contribution is -2.37. The molecule has 4 heterocycles. The average molecular weight is 346 g/mol. The first-order chi connectivity index (χ1) is 11.7. The summed E-state index contributed by atoms with van der Waals surface area (Å²) in [7, 11) is 0. The minimum atomic E-state index is 0.195. The number of amides is 1. The number of carbonyl (C=O) groups excluding carboxylic acids is 1. The molecule has 2 aliphatic rings. The molecule has 0 radical (unpaired) electrons. The van der Waals surface area contributed by atoms with E-state index in [0.29, 0.717) is 12.3 Å². The highest BCUT2D eigenvalue weighted by Crippen LogP contribution is 2.30. The molecule has 2 aliphatic heterocycles. The molecule has 4 rings (SSSR count). The lowest BCUT2D eigenvalue weighted by molar-refractivity contribution is -0.132. The Balaban J connectivity index is 1.34. The third-order valence-electron chi connectivity index (χ3n) is 4.98. The molecule has 1 amide bonds. The van der Waals surface area contributed by atoms with Crippen LogP contribution < -0.4 is 0 Å². The van der Waals surface area contributed by atoms with Crippen molar-refractivity contribution in [2.45, 2.75) is 45.2 Å². The van der Waals surface area contributed by atoms with Gasteiger partial charge in [0.15, 0.2) is 5.82 Å². The zero-order valence-corrected chi connectivity index (χ0v) is 14.7. The van der Waals surface area contributed by atoms with E-state index in [2.05, 4.69) is 26.5 Å². The second-order valence-electron chi connectivity index (χ2n) is 6.55. The topological polar surface area (TPSA) is 62.5 Å². The molecular weight excluding hydrogens is 324 g/mol. The van der Waals surface area contributed by atoms with Crippen molar-refractivity contribution in [1.82, 2.24) is 19.9 Å². The monoisotopic (exact) mass is 346 g/mol. The Bertz CT molecular complexity index is 726. The number of rotatable bonds is 4. The maximum absolute atomic E-state index is 12.6. The smallest absolute Gasteiger partial charge is 0.224 e. The first kappa shape index (κ1) is 15.8. The molecule has 0 aromatic carbocycles. The fraction of sp³-hybridized carbons (Fsp3) is 0.588. The molecule has 24 heavy (non-hydrogen) atoms. The quantitative estimate of drug-likeness (QED) is 0.851. The Morgan fingerprint density at radius 1 is 1.46 bits per heavy atom. The third kappa shape index (κ3) is 3.10. The molecule has 128 valence electrons. The Labute approximate surface area is 145 Å². The molecule has 1 atom stereocenters. The summed E-state index contributed by atoms with van der Waals surface area (Å²) in [6, 6.07) is 2.34. The molecule has 2 aromatic rings. The van der Waals surface area contributed by atoms with E-state index in [1.807, 2.05) is 11.8 Å². The summed E-state index contributed by atoms with van der Waals surface area (Å²) >= 11 is 1.80. The highest BCUT2D eigenvalue weighted by atomic mass is 32.1. The van der Waals surface area contributed by atoms with Gasteiger partial charge in [0.1, 0.15) is 0 Å². The molecule has 0 unspecified atom stereocenters. The number of hydrogen-bond acceptors (Lipinski definition) is 6. The molecule has 1 saturated heterocycles. The van der Waals surface area contributed by atoms with Gasteiger partial charge >= 0.3 is 0 Å². The largest absolute Gasteiger partial charge is 0.340 e. The van der Waals surface area contributed by atoms with Gasteiger partial charge in [-0.05, 0) is 42.8 Å². The van der Waals surface area contributed by atoms with Crippen LogP contribution >= 0.6 is 11.3 Å². The van der Waals surface area contributed by atoms with Gasteiger partial charge in [-0.15, -0.1) is 11.3 Å². The van der Waals surface area contributed by atoms with E-state index in [-0.39, 0.29) is 11.9 Å². The van der Waals surface area contributed by atoms with Crippen LogP contribution in [0.5, 0.6) is 0 Å². The van der Waals surface area contributed by atoms with Crippen LogP contribution in [0.25, 0.3) is 0 Å². The van der Waals surface area contributed by atoms with Crippen LogP contribution in [0.4, 0.5) is 0 Å². The van der Waals surface area contributed by atoms with Crippen molar-refractivity contribution in [2.24, 2.45) is 0 Å². The van der Waals surface area contributed by atoms with Crippen molar-refractivity contribution >= 4 is 17.2 Å². The normalized spacial score (nSPS) is 21.2. The van der Waals surface area contributed by atoms with Gasteiger partial charge in [0, 0.05) is 37.9 Å². The van der Waals surface area contributed by atoms with Crippen molar-refractivity contribution in [3.8, 4) is 0 Å². The predicted molar refractivity (Wildman–Crippen MR) is 90.6 cm³/mol. The lowest BCUT2D eigenvalue weighted by Gasteiger charge is -2.28. The molecular formula is C17H22N4O2S. The molecule has 0 saturated carbocycles. The second-order valence-corrected chi connectivity index (χ2v) is 7.55. The molecule has 0 N–H and O–H groups in total. The summed E-state index contributed by atoms with van der Waals surface area (Å²) in [6.45, 7) is 5.20. The zero-order chi connectivity index (χ0) is 16.5. The minimum Gasteiger partial charge on any atom is -0.340 e. The fourth-order valence-electron chi connectivity index (χ4n) is 3.70. The van der Waals surface area contributed by atoms with Gasteiger partial charge < -0.3 is 9.42 Å². The van der Waals surface area contributed by atoms with Gasteiger partial charge in [0.25, 0.3) is 0 Å². The molecule has 0 spiro atoms. The lowest BCUT2D eigenvalue weighted by atomic mass is 10.1. The van der Waals surface area contributed by atoms with Crippen molar-refractivity contribution in [3.63, 3.8) is 0 Å². The molecule has 2 aromatic heterocycles. The fourth-order valence-corrected chi connectivity index (χ4v) is 4.58. The van der Waals surface area contributed by atoms with E-state index in [1.54, 1.807) is 11.3 Å². The Morgan fingerprint density at radius 3 is 3.21 bits per heavy atom. The number of carbonyl (C=O) groups is 1. The van der Waals surface area contributed by atoms with E-state index in [0.717, 1.165) is 51.3 Å². The first-order valence-electron chi connectivity index (χ1n) is 8.58. The molecule has 0 bridgehead atoms. The van der Waals surface area contributed by atoms with E-state index < -0.39 is 0 Å². The van der Waals surface area contributed by atoms with Crippen molar-refractivity contribution < 1.29 is 9.32 Å². The predicted octanol–water partition coefficient (Wildman–Crippen LogP) is 2.55. The number of nitrogens with zero attached hydrogens (tertiary/aromatic N) is 4. The van der Waals surface area contributed by atoms with Gasteiger partial charge in [-0.1, -0.05) is 5.16 Å². The summed E-state index contributed by atoms with van der Waals surface area (Å²) in [4.78, 5) is 22.7. The summed E-state index contributed by atoms with van der Waals surface area (Å²) in [5.74, 6) is 1.62. The number of fused-ring (bicyclic) bond motifs is 1. The molecule has 6 nitrogen and oxygen atoms in total. The maximum Gasteiger partial charge on any atom is 0.224 e. The van der Waals surface area contributed by atoms with Gasteiger partial charge in [-0.25, -0.2) is 0 Å². The van der Waals surface area contributed by atoms with Crippen LogP contribution in [-0.2, 0) is 17.8 Å². The second kappa shape index (κ2) is 6.64. The molecule has 0 aliphatic carbocycles. The SMILES string of the molecule is Cc1nc([C@@H]2CCCN2CCC(=O)N2CCc3sccc3C2)no1. The summed E-state index contributed by atoms with van der Waals surface area (Å²) in [5.41, 5.74) is 1.32. The first-order valence-corrected chi connectivity index (χ1v) is 9.46. The summed E-state index contributed by atoms with van der Waals surface area (Å²) < 4.78 is 5.11. The van der Waals surface area contributed by atoms with Gasteiger partial charge in [-0.2, -0.15) is 4.98 Å². The standard InChI is InChI=1S/C17H22N4O2S/c1-12-18-17(19-23-12)14-3-2-7-20(14)9-5-16(22)21-8-4-15-13(11-21)6-10-24-15/h6,10,14H,2-5,7-9,11H2,1H3/t14-/m0/s1. The van der Waals surface area contributed by atoms with Crippen molar-refractivity contribution in [1.29, 1.82) is 0 Å². The van der Waals surface area contributed by atoms with Crippen LogP contribution in [0.2, 0.25) is 0 Å². The van der Waals surface area contributed by atoms with E-state index in [4.69, 9.17) is 4.52 Å². The third-order valence-corrected chi connectivity index (χ3v) is 6.00. The number of thiophene rings is 1. The highest BCUT2D eigenvalue weighted by Gasteiger charge is 2.30. The molecule has 7 heteroatoms. The van der Waals surface area contributed by atoms with Gasteiger partial charge in [-0.3, -0.25) is 9.69 Å². The van der Waals surface area contributed by atoms with Crippen LogP contribution in [0.1, 0.15) is 47.5 Å². The highest BCUT2D eigenvalue weighted by molar-refractivity contribution is 7.10. The number of hydrogen-bond donors (Lipinski definition) is 0. The number of aryl methyl sites for hydroxylation is 1. The maximum atomic E-state index is 12.6. The van der Waals surface area contributed by atoms with Crippen LogP contribution in [-0.4, -0.2) is 45.5 Å².